The summed E-state index contributed by atoms with van der Waals surface area (Å²) in [5.74, 6) is -0.868. The minimum absolute atomic E-state index is 0.0814. The standard InChI is InChI=1S/C27H33N3O4/c1-26(2,3)16-23(31)28-20-12-13-21-18(14-20)15-22(25(33)29-19-10-8-7-9-11-19)30(21)17-24(32)34-27(4,5)6/h7-15H,16-17H2,1-6H3,(H,28,31)(H,29,33). The Morgan fingerprint density at radius 2 is 1.53 bits per heavy atom. The molecule has 7 nitrogen and oxygen atoms in total. The van der Waals surface area contributed by atoms with Crippen molar-refractivity contribution in [2.75, 3.05) is 10.6 Å². The largest absolute Gasteiger partial charge is 0.459 e. The number of rotatable bonds is 6. The molecule has 0 spiro atoms. The molecular weight excluding hydrogens is 430 g/mol. The van der Waals surface area contributed by atoms with Crippen molar-refractivity contribution in [1.82, 2.24) is 4.57 Å². The highest BCUT2D eigenvalue weighted by Gasteiger charge is 2.22. The second-order valence-corrected chi connectivity index (χ2v) is 10.6. The van der Waals surface area contributed by atoms with Gasteiger partial charge in [-0.05, 0) is 62.6 Å². The van der Waals surface area contributed by atoms with Crippen molar-refractivity contribution in [3.8, 4) is 0 Å². The number of carbonyl (C=O) groups excluding carboxylic acids is 3. The Morgan fingerprint density at radius 3 is 2.15 bits per heavy atom. The van der Waals surface area contributed by atoms with Gasteiger partial charge in [0, 0.05) is 28.7 Å². The second-order valence-electron chi connectivity index (χ2n) is 10.6. The van der Waals surface area contributed by atoms with E-state index < -0.39 is 11.6 Å². The van der Waals surface area contributed by atoms with Crippen LogP contribution in [0.1, 0.15) is 58.5 Å². The van der Waals surface area contributed by atoms with Gasteiger partial charge in [0.1, 0.15) is 17.8 Å². The second kappa shape index (κ2) is 9.71. The molecule has 180 valence electrons. The van der Waals surface area contributed by atoms with Gasteiger partial charge in [0.2, 0.25) is 5.91 Å². The molecule has 1 heterocycles. The molecule has 3 aromatic rings. The normalized spacial score (nSPS) is 11.8. The lowest BCUT2D eigenvalue weighted by Crippen LogP contribution is -2.28. The fraction of sp³-hybridized carbons (Fsp3) is 0.370. The summed E-state index contributed by atoms with van der Waals surface area (Å²) < 4.78 is 7.13. The molecule has 1 aromatic heterocycles. The molecule has 0 bridgehead atoms. The van der Waals surface area contributed by atoms with Gasteiger partial charge in [-0.1, -0.05) is 39.0 Å². The van der Waals surface area contributed by atoms with Gasteiger partial charge in [-0.25, -0.2) is 0 Å². The molecule has 0 unspecified atom stereocenters. The highest BCUT2D eigenvalue weighted by Crippen LogP contribution is 2.26. The summed E-state index contributed by atoms with van der Waals surface area (Å²) in [6, 6.07) is 16.2. The molecule has 34 heavy (non-hydrogen) atoms. The monoisotopic (exact) mass is 463 g/mol. The molecule has 0 atom stereocenters. The van der Waals surface area contributed by atoms with E-state index in [1.54, 1.807) is 61.7 Å². The number of anilines is 2. The fourth-order valence-corrected chi connectivity index (χ4v) is 3.61. The van der Waals surface area contributed by atoms with Crippen molar-refractivity contribution in [2.45, 2.75) is 60.1 Å². The van der Waals surface area contributed by atoms with E-state index >= 15 is 0 Å². The zero-order valence-electron chi connectivity index (χ0n) is 20.7. The minimum atomic E-state index is -0.642. The summed E-state index contributed by atoms with van der Waals surface area (Å²) in [5.41, 5.74) is 1.52. The number of nitrogens with one attached hydrogen (secondary N) is 2. The van der Waals surface area contributed by atoms with Crippen LogP contribution in [0.2, 0.25) is 0 Å². The number of amides is 2. The first-order chi connectivity index (χ1) is 15.8. The van der Waals surface area contributed by atoms with E-state index in [2.05, 4.69) is 10.6 Å². The molecular formula is C27H33N3O4. The zero-order chi connectivity index (χ0) is 25.1. The molecule has 2 aromatic carbocycles. The van der Waals surface area contributed by atoms with Crippen LogP contribution in [0, 0.1) is 5.41 Å². The molecule has 0 aliphatic rings. The third-order valence-electron chi connectivity index (χ3n) is 4.85. The predicted octanol–water partition coefficient (Wildman–Crippen LogP) is 5.61. The number of esters is 1. The molecule has 0 radical (unpaired) electrons. The van der Waals surface area contributed by atoms with Gasteiger partial charge < -0.3 is 19.9 Å². The third-order valence-corrected chi connectivity index (χ3v) is 4.85. The number of aromatic nitrogens is 1. The van der Waals surface area contributed by atoms with Crippen LogP contribution >= 0.6 is 0 Å². The van der Waals surface area contributed by atoms with E-state index in [0.717, 1.165) is 5.39 Å². The average molecular weight is 464 g/mol. The first-order valence-electron chi connectivity index (χ1n) is 11.3. The molecule has 2 amide bonds. The number of nitrogens with zero attached hydrogens (tertiary/aromatic N) is 1. The smallest absolute Gasteiger partial charge is 0.326 e. The van der Waals surface area contributed by atoms with Crippen LogP contribution in [0.4, 0.5) is 11.4 Å². The van der Waals surface area contributed by atoms with Crippen molar-refractivity contribution < 1.29 is 19.1 Å². The topological polar surface area (TPSA) is 89.4 Å². The van der Waals surface area contributed by atoms with Crippen molar-refractivity contribution in [2.24, 2.45) is 5.41 Å². The lowest BCUT2D eigenvalue weighted by molar-refractivity contribution is -0.155. The maximum atomic E-state index is 13.1. The van der Waals surface area contributed by atoms with Gasteiger partial charge in [0.25, 0.3) is 5.91 Å². The number of para-hydroxylation sites is 1. The fourth-order valence-electron chi connectivity index (χ4n) is 3.61. The quantitative estimate of drug-likeness (QED) is 0.465. The first-order valence-corrected chi connectivity index (χ1v) is 11.3. The number of ether oxygens (including phenoxy) is 1. The SMILES string of the molecule is CC(C)(C)CC(=O)Nc1ccc2c(c1)cc(C(=O)Nc1ccccc1)n2CC(=O)OC(C)(C)C. The molecule has 0 saturated heterocycles. The Balaban J connectivity index is 1.95. The molecule has 0 fully saturated rings. The highest BCUT2D eigenvalue weighted by molar-refractivity contribution is 6.07. The van der Waals surface area contributed by atoms with Gasteiger partial charge in [-0.2, -0.15) is 0 Å². The van der Waals surface area contributed by atoms with E-state index in [1.807, 2.05) is 39.0 Å². The highest BCUT2D eigenvalue weighted by atomic mass is 16.6. The van der Waals surface area contributed by atoms with Crippen LogP contribution in [-0.2, 0) is 20.9 Å². The van der Waals surface area contributed by atoms with E-state index in [-0.39, 0.29) is 23.8 Å². The van der Waals surface area contributed by atoms with Gasteiger partial charge in [-0.3, -0.25) is 14.4 Å². The maximum absolute atomic E-state index is 13.1. The Labute approximate surface area is 200 Å². The summed E-state index contributed by atoms with van der Waals surface area (Å²) in [7, 11) is 0. The Morgan fingerprint density at radius 1 is 0.853 bits per heavy atom. The maximum Gasteiger partial charge on any atom is 0.326 e. The number of carbonyl (C=O) groups is 3. The number of benzene rings is 2. The lowest BCUT2D eigenvalue weighted by atomic mass is 9.92. The Bertz CT molecular complexity index is 1200. The summed E-state index contributed by atoms with van der Waals surface area (Å²) >= 11 is 0. The van der Waals surface area contributed by atoms with Gasteiger partial charge >= 0.3 is 5.97 Å². The number of hydrogen-bond acceptors (Lipinski definition) is 4. The summed E-state index contributed by atoms with van der Waals surface area (Å²) in [5, 5.41) is 6.52. The molecule has 0 aliphatic carbocycles. The van der Waals surface area contributed by atoms with Crippen LogP contribution in [0.5, 0.6) is 0 Å². The zero-order valence-corrected chi connectivity index (χ0v) is 20.7. The van der Waals surface area contributed by atoms with Gasteiger partial charge in [-0.15, -0.1) is 0 Å². The summed E-state index contributed by atoms with van der Waals surface area (Å²) in [6.07, 6.45) is 0.384. The van der Waals surface area contributed by atoms with Crippen molar-refractivity contribution in [3.63, 3.8) is 0 Å². The number of fused-ring (bicyclic) bond motifs is 1. The molecule has 3 rings (SSSR count). The van der Waals surface area contributed by atoms with Crippen LogP contribution in [-0.4, -0.2) is 28.0 Å². The van der Waals surface area contributed by atoms with E-state index in [4.69, 9.17) is 4.74 Å². The van der Waals surface area contributed by atoms with E-state index in [0.29, 0.717) is 29.0 Å². The lowest BCUT2D eigenvalue weighted by Gasteiger charge is -2.20. The van der Waals surface area contributed by atoms with Crippen molar-refractivity contribution in [3.05, 3.63) is 60.3 Å². The van der Waals surface area contributed by atoms with Crippen LogP contribution in [0.15, 0.2) is 54.6 Å². The summed E-state index contributed by atoms with van der Waals surface area (Å²) in [4.78, 5) is 38.1. The van der Waals surface area contributed by atoms with Crippen LogP contribution in [0.25, 0.3) is 10.9 Å². The third kappa shape index (κ3) is 6.94. The van der Waals surface area contributed by atoms with Crippen LogP contribution < -0.4 is 10.6 Å². The van der Waals surface area contributed by atoms with Crippen molar-refractivity contribution >= 4 is 40.1 Å². The summed E-state index contributed by atoms with van der Waals surface area (Å²) in [6.45, 7) is 11.3. The Kier molecular flexibility index (Phi) is 7.15. The van der Waals surface area contributed by atoms with E-state index in [1.165, 1.54) is 0 Å². The first kappa shape index (κ1) is 25.0. The average Bonchev–Trinajstić information content (AvgIpc) is 3.03. The van der Waals surface area contributed by atoms with Crippen molar-refractivity contribution in [1.29, 1.82) is 0 Å². The van der Waals surface area contributed by atoms with Gasteiger partial charge in [0.05, 0.1) is 0 Å². The Hall–Kier alpha value is -3.61. The molecule has 0 saturated carbocycles. The molecule has 0 aliphatic heterocycles. The predicted molar refractivity (Wildman–Crippen MR) is 135 cm³/mol. The van der Waals surface area contributed by atoms with E-state index in [9.17, 15) is 14.4 Å². The minimum Gasteiger partial charge on any atom is -0.459 e. The molecule has 2 N–H and O–H groups in total. The van der Waals surface area contributed by atoms with Gasteiger partial charge in [0.15, 0.2) is 0 Å². The number of hydrogen-bond donors (Lipinski definition) is 2. The molecule has 7 heteroatoms. The van der Waals surface area contributed by atoms with Crippen LogP contribution in [0.3, 0.4) is 0 Å².